The van der Waals surface area contributed by atoms with Crippen molar-refractivity contribution >= 4 is 0 Å². The highest BCUT2D eigenvalue weighted by atomic mass is 14.7. The van der Waals surface area contributed by atoms with Crippen LogP contribution in [-0.2, 0) is 18.4 Å². The van der Waals surface area contributed by atoms with Crippen LogP contribution >= 0.6 is 0 Å². The largest absolute Gasteiger partial charge is 0.322 e. The standard InChI is InChI=1S/C15H21N/c1-5-8-12-10-7-11-14(15(3,4)16)13(12)9-6-2/h5-7,10-11H,1-2,8-9,16H2,3-4H3. The lowest BCUT2D eigenvalue weighted by Crippen LogP contribution is -2.30. The third kappa shape index (κ3) is 2.83. The summed E-state index contributed by atoms with van der Waals surface area (Å²) in [6.45, 7) is 11.7. The average molecular weight is 215 g/mol. The van der Waals surface area contributed by atoms with Crippen LogP contribution in [0.3, 0.4) is 0 Å². The number of nitrogens with two attached hydrogens (primary N) is 1. The molecule has 0 saturated carbocycles. The van der Waals surface area contributed by atoms with Gasteiger partial charge in [-0.3, -0.25) is 0 Å². The fourth-order valence-electron chi connectivity index (χ4n) is 1.97. The monoisotopic (exact) mass is 215 g/mol. The second-order valence-electron chi connectivity index (χ2n) is 4.65. The van der Waals surface area contributed by atoms with Gasteiger partial charge in [0.05, 0.1) is 0 Å². The van der Waals surface area contributed by atoms with Gasteiger partial charge in [-0.2, -0.15) is 0 Å². The Morgan fingerprint density at radius 1 is 1.19 bits per heavy atom. The van der Waals surface area contributed by atoms with Crippen molar-refractivity contribution < 1.29 is 0 Å². The van der Waals surface area contributed by atoms with Gasteiger partial charge in [0.1, 0.15) is 0 Å². The molecule has 86 valence electrons. The van der Waals surface area contributed by atoms with E-state index in [2.05, 4.69) is 31.4 Å². The lowest BCUT2D eigenvalue weighted by Gasteiger charge is -2.24. The summed E-state index contributed by atoms with van der Waals surface area (Å²) >= 11 is 0. The Labute approximate surface area is 98.7 Å². The van der Waals surface area contributed by atoms with Crippen LogP contribution in [0.1, 0.15) is 30.5 Å². The molecule has 2 N–H and O–H groups in total. The van der Waals surface area contributed by atoms with Crippen LogP contribution in [0.15, 0.2) is 43.5 Å². The summed E-state index contributed by atoms with van der Waals surface area (Å²) in [5.41, 5.74) is 9.68. The topological polar surface area (TPSA) is 26.0 Å². The Kier molecular flexibility index (Phi) is 4.08. The maximum Gasteiger partial charge on any atom is 0.0355 e. The first-order chi connectivity index (χ1) is 7.50. The normalized spacial score (nSPS) is 11.2. The van der Waals surface area contributed by atoms with Crippen LogP contribution in [0, 0.1) is 0 Å². The number of rotatable bonds is 5. The molecule has 0 aliphatic carbocycles. The highest BCUT2D eigenvalue weighted by molar-refractivity contribution is 5.41. The SMILES string of the molecule is C=CCc1cccc(C(C)(C)N)c1CC=C. The number of hydrogen-bond donors (Lipinski definition) is 1. The number of allylic oxidation sites excluding steroid dienone is 2. The summed E-state index contributed by atoms with van der Waals surface area (Å²) in [7, 11) is 0. The molecule has 0 aliphatic heterocycles. The summed E-state index contributed by atoms with van der Waals surface area (Å²) in [5.74, 6) is 0. The van der Waals surface area contributed by atoms with E-state index in [1.807, 2.05) is 26.0 Å². The Hall–Kier alpha value is -1.34. The minimum Gasteiger partial charge on any atom is -0.322 e. The molecule has 1 aromatic carbocycles. The zero-order valence-corrected chi connectivity index (χ0v) is 10.3. The molecule has 1 heteroatoms. The predicted molar refractivity (Wildman–Crippen MR) is 71.5 cm³/mol. The molecule has 0 saturated heterocycles. The van der Waals surface area contributed by atoms with E-state index in [4.69, 9.17) is 5.73 Å². The Balaban J connectivity index is 3.31. The van der Waals surface area contributed by atoms with E-state index in [0.29, 0.717) is 0 Å². The lowest BCUT2D eigenvalue weighted by molar-refractivity contribution is 0.548. The Morgan fingerprint density at radius 2 is 1.81 bits per heavy atom. The van der Waals surface area contributed by atoms with Crippen LogP contribution in [0.2, 0.25) is 0 Å². The van der Waals surface area contributed by atoms with Gasteiger partial charge in [0, 0.05) is 5.54 Å². The summed E-state index contributed by atoms with van der Waals surface area (Å²) in [4.78, 5) is 0. The van der Waals surface area contributed by atoms with Gasteiger partial charge >= 0.3 is 0 Å². The maximum absolute atomic E-state index is 6.19. The summed E-state index contributed by atoms with van der Waals surface area (Å²) < 4.78 is 0. The van der Waals surface area contributed by atoms with E-state index in [9.17, 15) is 0 Å². The van der Waals surface area contributed by atoms with Gasteiger partial charge in [0.25, 0.3) is 0 Å². The predicted octanol–water partition coefficient (Wildman–Crippen LogP) is 3.34. The summed E-state index contributed by atoms with van der Waals surface area (Å²) in [6.07, 6.45) is 5.60. The molecule has 0 bridgehead atoms. The van der Waals surface area contributed by atoms with Gasteiger partial charge in [-0.25, -0.2) is 0 Å². The zero-order chi connectivity index (χ0) is 12.2. The molecule has 0 atom stereocenters. The smallest absolute Gasteiger partial charge is 0.0355 e. The molecule has 0 fully saturated rings. The zero-order valence-electron chi connectivity index (χ0n) is 10.3. The minimum atomic E-state index is -0.310. The van der Waals surface area contributed by atoms with Crippen molar-refractivity contribution in [1.29, 1.82) is 0 Å². The van der Waals surface area contributed by atoms with Crippen LogP contribution in [0.25, 0.3) is 0 Å². The Morgan fingerprint density at radius 3 is 2.31 bits per heavy atom. The van der Waals surface area contributed by atoms with E-state index in [1.165, 1.54) is 16.7 Å². The molecule has 0 aromatic heterocycles. The first-order valence-electron chi connectivity index (χ1n) is 5.62. The van der Waals surface area contributed by atoms with E-state index in [-0.39, 0.29) is 5.54 Å². The summed E-state index contributed by atoms with van der Waals surface area (Å²) in [6, 6.07) is 6.30. The van der Waals surface area contributed by atoms with Crippen LogP contribution in [0.5, 0.6) is 0 Å². The quantitative estimate of drug-likeness (QED) is 0.749. The van der Waals surface area contributed by atoms with Gasteiger partial charge in [-0.1, -0.05) is 30.4 Å². The number of benzene rings is 1. The molecule has 1 nitrogen and oxygen atoms in total. The molecule has 0 spiro atoms. The van der Waals surface area contributed by atoms with Gasteiger partial charge in [-0.05, 0) is 43.4 Å². The van der Waals surface area contributed by atoms with Crippen molar-refractivity contribution in [1.82, 2.24) is 0 Å². The van der Waals surface area contributed by atoms with Gasteiger partial charge in [-0.15, -0.1) is 13.2 Å². The van der Waals surface area contributed by atoms with Gasteiger partial charge in [0.2, 0.25) is 0 Å². The number of hydrogen-bond acceptors (Lipinski definition) is 1. The molecular formula is C15H21N. The highest BCUT2D eigenvalue weighted by Gasteiger charge is 2.18. The van der Waals surface area contributed by atoms with Crippen molar-refractivity contribution in [2.75, 3.05) is 0 Å². The average Bonchev–Trinajstić information content (AvgIpc) is 2.19. The van der Waals surface area contributed by atoms with E-state index in [0.717, 1.165) is 12.8 Å². The Bertz CT molecular complexity index is 383. The van der Waals surface area contributed by atoms with E-state index >= 15 is 0 Å². The fourth-order valence-corrected chi connectivity index (χ4v) is 1.97. The molecule has 16 heavy (non-hydrogen) atoms. The third-order valence-corrected chi connectivity index (χ3v) is 2.68. The molecule has 0 aliphatic rings. The van der Waals surface area contributed by atoms with Crippen LogP contribution in [-0.4, -0.2) is 0 Å². The molecule has 0 heterocycles. The van der Waals surface area contributed by atoms with Crippen molar-refractivity contribution in [3.8, 4) is 0 Å². The molecule has 1 rings (SSSR count). The van der Waals surface area contributed by atoms with Crippen molar-refractivity contribution in [2.45, 2.75) is 32.2 Å². The maximum atomic E-state index is 6.19. The van der Waals surface area contributed by atoms with E-state index < -0.39 is 0 Å². The van der Waals surface area contributed by atoms with Crippen molar-refractivity contribution in [3.05, 3.63) is 60.2 Å². The minimum absolute atomic E-state index is 0.310. The van der Waals surface area contributed by atoms with E-state index in [1.54, 1.807) is 0 Å². The fraction of sp³-hybridized carbons (Fsp3) is 0.333. The second-order valence-corrected chi connectivity index (χ2v) is 4.65. The lowest BCUT2D eigenvalue weighted by atomic mass is 9.86. The highest BCUT2D eigenvalue weighted by Crippen LogP contribution is 2.25. The van der Waals surface area contributed by atoms with Gasteiger partial charge < -0.3 is 5.73 Å². The van der Waals surface area contributed by atoms with Crippen LogP contribution in [0.4, 0.5) is 0 Å². The molecule has 0 radical (unpaired) electrons. The molecular weight excluding hydrogens is 194 g/mol. The first kappa shape index (κ1) is 12.7. The van der Waals surface area contributed by atoms with Crippen LogP contribution < -0.4 is 5.73 Å². The van der Waals surface area contributed by atoms with Crippen molar-refractivity contribution in [2.24, 2.45) is 5.73 Å². The van der Waals surface area contributed by atoms with Crippen molar-refractivity contribution in [3.63, 3.8) is 0 Å². The second kappa shape index (κ2) is 5.13. The molecule has 0 unspecified atom stereocenters. The molecule has 0 amide bonds. The first-order valence-corrected chi connectivity index (χ1v) is 5.62. The molecule has 1 aromatic rings. The van der Waals surface area contributed by atoms with Gasteiger partial charge in [0.15, 0.2) is 0 Å². The third-order valence-electron chi connectivity index (χ3n) is 2.68. The summed E-state index contributed by atoms with van der Waals surface area (Å²) in [5, 5.41) is 0.